The summed E-state index contributed by atoms with van der Waals surface area (Å²) in [6.07, 6.45) is -31.8. The highest BCUT2D eigenvalue weighted by Crippen LogP contribution is 2.41. The maximum Gasteiger partial charge on any atom is 0.407 e. The van der Waals surface area contributed by atoms with Crippen LogP contribution in [0.5, 0.6) is 0 Å². The monoisotopic (exact) mass is 1490 g/mol. The van der Waals surface area contributed by atoms with Crippen LogP contribution in [0.4, 0.5) is 24.0 Å². The lowest BCUT2D eigenvalue weighted by atomic mass is 9.83. The number of alkyl carbamates (subject to hydrolysis) is 5. The molecule has 20 unspecified atom stereocenters. The predicted molar refractivity (Wildman–Crippen MR) is 377 cm³/mol. The molecule has 4 heterocycles. The summed E-state index contributed by atoms with van der Waals surface area (Å²) in [6, 6.07) is 46.7. The fourth-order valence-corrected chi connectivity index (χ4v) is 13.5. The van der Waals surface area contributed by atoms with E-state index in [1.807, 2.05) is 39.9 Å². The molecule has 0 bridgehead atoms. The van der Waals surface area contributed by atoms with Crippen LogP contribution < -0.4 is 26.6 Å². The number of rotatable bonds is 26. The highest BCUT2D eigenvalue weighted by Gasteiger charge is 2.58. The van der Waals surface area contributed by atoms with Crippen molar-refractivity contribution in [2.24, 2.45) is 0 Å². The number of amides is 5. The zero-order valence-corrected chi connectivity index (χ0v) is 60.2. The van der Waals surface area contributed by atoms with E-state index >= 15 is 0 Å². The fourth-order valence-electron chi connectivity index (χ4n) is 12.5. The lowest BCUT2D eigenvalue weighted by Crippen LogP contribution is -2.71. The first-order valence-electron chi connectivity index (χ1n) is 35.2. The quantitative estimate of drug-likeness (QED) is 0.0198. The average Bonchev–Trinajstić information content (AvgIpc) is 1.04. The second-order valence-corrected chi connectivity index (χ2v) is 32.7. The van der Waals surface area contributed by atoms with Gasteiger partial charge >= 0.3 is 30.5 Å². The number of carbonyl (C=O) groups is 5. The molecule has 6 aromatic rings. The van der Waals surface area contributed by atoms with E-state index in [-0.39, 0.29) is 52.7 Å². The van der Waals surface area contributed by atoms with Crippen LogP contribution in [0.15, 0.2) is 182 Å². The molecule has 0 radical (unpaired) electrons. The van der Waals surface area contributed by atoms with Crippen LogP contribution in [0.2, 0.25) is 18.1 Å². The second kappa shape index (κ2) is 36.8. The molecule has 106 heavy (non-hydrogen) atoms. The Morgan fingerprint density at radius 3 is 1.32 bits per heavy atom. The summed E-state index contributed by atoms with van der Waals surface area (Å²) in [5.41, 5.74) is 3.78. The van der Waals surface area contributed by atoms with Crippen LogP contribution in [-0.2, 0) is 99.0 Å². The summed E-state index contributed by atoms with van der Waals surface area (Å²) in [4.78, 5) is 69.6. The zero-order valence-electron chi connectivity index (χ0n) is 59.2. The topological polar surface area (TPSA) is 376 Å². The minimum Gasteiger partial charge on any atom is -0.445 e. The lowest BCUT2D eigenvalue weighted by molar-refractivity contribution is -0.358. The van der Waals surface area contributed by atoms with Crippen LogP contribution >= 0.6 is 0 Å². The average molecular weight is 1490 g/mol. The van der Waals surface area contributed by atoms with E-state index in [4.69, 9.17) is 66.0 Å². The van der Waals surface area contributed by atoms with Gasteiger partial charge in [0.1, 0.15) is 118 Å². The maximum atomic E-state index is 14.4. The largest absolute Gasteiger partial charge is 0.445 e. The van der Waals surface area contributed by atoms with Gasteiger partial charge in [-0.2, -0.15) is 0 Å². The summed E-state index contributed by atoms with van der Waals surface area (Å²) in [5, 5.41) is 75.6. The van der Waals surface area contributed by atoms with E-state index in [1.54, 1.807) is 176 Å². The minimum absolute atomic E-state index is 0.113. The van der Waals surface area contributed by atoms with Crippen LogP contribution in [0, 0.1) is 0 Å². The van der Waals surface area contributed by atoms with E-state index in [0.717, 1.165) is 0 Å². The molecule has 0 spiro atoms. The first-order valence-corrected chi connectivity index (χ1v) is 38.1. The van der Waals surface area contributed by atoms with Crippen LogP contribution in [-0.4, -0.2) is 200 Å². The smallest absolute Gasteiger partial charge is 0.407 e. The van der Waals surface area contributed by atoms with Crippen molar-refractivity contribution < 1.29 is 116 Å². The molecule has 1 aliphatic carbocycles. The Morgan fingerprint density at radius 2 is 0.840 bits per heavy atom. The lowest BCUT2D eigenvalue weighted by Gasteiger charge is -2.50. The maximum absolute atomic E-state index is 14.4. The first kappa shape index (κ1) is 78.4. The van der Waals surface area contributed by atoms with E-state index in [1.165, 1.54) is 0 Å². The summed E-state index contributed by atoms with van der Waals surface area (Å²) >= 11 is 0. The Labute approximate surface area is 614 Å². The molecule has 30 heteroatoms. The molecule has 4 aliphatic heterocycles. The van der Waals surface area contributed by atoms with Gasteiger partial charge in [0, 0.05) is 12.1 Å². The Kier molecular flexibility index (Phi) is 27.2. The van der Waals surface area contributed by atoms with E-state index in [2.05, 4.69) is 26.6 Å². The van der Waals surface area contributed by atoms with Gasteiger partial charge in [0.25, 0.3) is 0 Å². The molecule has 0 aromatic heterocycles. The highest BCUT2D eigenvalue weighted by atomic mass is 28.4. The van der Waals surface area contributed by atoms with Gasteiger partial charge in [0.2, 0.25) is 0 Å². The van der Waals surface area contributed by atoms with Crippen molar-refractivity contribution in [1.29, 1.82) is 0 Å². The highest BCUT2D eigenvalue weighted by molar-refractivity contribution is 6.74. The summed E-state index contributed by atoms with van der Waals surface area (Å²) in [6.45, 7) is 7.95. The molecule has 6 aromatic carbocycles. The van der Waals surface area contributed by atoms with Gasteiger partial charge in [-0.1, -0.05) is 203 Å². The van der Waals surface area contributed by atoms with Gasteiger partial charge in [0.15, 0.2) is 33.5 Å². The molecule has 11 rings (SSSR count). The van der Waals surface area contributed by atoms with Crippen molar-refractivity contribution in [3.8, 4) is 0 Å². The van der Waals surface area contributed by atoms with Gasteiger partial charge in [-0.25, -0.2) is 24.0 Å². The number of nitrogens with one attached hydrogen (secondary N) is 5. The molecule has 5 fully saturated rings. The molecule has 10 N–H and O–H groups in total. The Bertz CT molecular complexity index is 3750. The standard InChI is InChI=1S/C76H93N5O24Si/c1-76(2,3)106(4,5)98-44-55-65(104-68-56(80-74(90)96-41-48-30-18-9-19-31-48)60(84)59(83)53(99-68)37-77-71(87)93-38-45-24-12-6-13-25-45)62(86)70(101-55)105-66-58(82)51(78-72(88)94-39-46-26-14-7-15-27-46)36-52(79-73(89)95-40-47-28-16-8-17-29-47)63(66)102-69-57(81-75(91)97-42-49-32-20-10-21-33-49)61(85)64-54(100-69)43-92-67(103-64)50-34-22-11-23-35-50/h6-35,51-70,82-86H,36-44H2,1-5H3,(H,77,87)(H,78,88)(H,79,89)(H,80,90)(H,81,91). The molecule has 1 saturated carbocycles. The normalized spacial score (nSPS) is 29.4. The number of aliphatic hydroxyl groups is 5. The number of hydrogen-bond donors (Lipinski definition) is 10. The predicted octanol–water partition coefficient (Wildman–Crippen LogP) is 6.77. The van der Waals surface area contributed by atoms with Crippen molar-refractivity contribution in [3.05, 3.63) is 215 Å². The van der Waals surface area contributed by atoms with Gasteiger partial charge < -0.3 is 118 Å². The number of fused-ring (bicyclic) bond motifs is 1. The Morgan fingerprint density at radius 1 is 0.434 bits per heavy atom. The third-order valence-corrected chi connectivity index (χ3v) is 23.9. The van der Waals surface area contributed by atoms with Crippen molar-refractivity contribution in [2.45, 2.75) is 201 Å². The fraction of sp³-hybridized carbons (Fsp3) is 0.461. The first-order chi connectivity index (χ1) is 51.0. The summed E-state index contributed by atoms with van der Waals surface area (Å²) in [7, 11) is -2.77. The van der Waals surface area contributed by atoms with Crippen molar-refractivity contribution in [3.63, 3.8) is 0 Å². The van der Waals surface area contributed by atoms with Gasteiger partial charge in [0.05, 0.1) is 25.3 Å². The number of aliphatic hydroxyl groups excluding tert-OH is 5. The summed E-state index contributed by atoms with van der Waals surface area (Å²) in [5.74, 6) is 0. The molecule has 29 nitrogen and oxygen atoms in total. The number of carbonyl (C=O) groups excluding carboxylic acids is 5. The molecule has 5 amide bonds. The number of benzene rings is 6. The third-order valence-electron chi connectivity index (χ3n) is 19.4. The molecular formula is C76H93N5O24Si. The second-order valence-electron chi connectivity index (χ2n) is 27.9. The summed E-state index contributed by atoms with van der Waals surface area (Å²) < 4.78 is 87.9. The van der Waals surface area contributed by atoms with Crippen molar-refractivity contribution >= 4 is 38.8 Å². The molecule has 4 saturated heterocycles. The van der Waals surface area contributed by atoms with E-state index in [0.29, 0.717) is 33.4 Å². The molecular weight excluding hydrogens is 1390 g/mol. The molecule has 20 atom stereocenters. The third kappa shape index (κ3) is 20.9. The molecule has 570 valence electrons. The van der Waals surface area contributed by atoms with Gasteiger partial charge in [-0.15, -0.1) is 0 Å². The van der Waals surface area contributed by atoms with Gasteiger partial charge in [-0.3, -0.25) is 0 Å². The number of ether oxygens (including phenoxy) is 13. The Balaban J connectivity index is 0.941. The van der Waals surface area contributed by atoms with Crippen molar-refractivity contribution in [2.75, 3.05) is 19.8 Å². The number of hydrogen-bond acceptors (Lipinski definition) is 24. The van der Waals surface area contributed by atoms with E-state index < -0.39 is 173 Å². The van der Waals surface area contributed by atoms with Crippen LogP contribution in [0.1, 0.15) is 66.9 Å². The molecule has 5 aliphatic rings. The Hall–Kier alpha value is -8.67. The van der Waals surface area contributed by atoms with Crippen molar-refractivity contribution in [1.82, 2.24) is 26.6 Å². The zero-order chi connectivity index (χ0) is 74.9. The van der Waals surface area contributed by atoms with E-state index in [9.17, 15) is 49.5 Å². The van der Waals surface area contributed by atoms with Gasteiger partial charge in [-0.05, 0) is 52.4 Å². The van der Waals surface area contributed by atoms with Crippen LogP contribution in [0.3, 0.4) is 0 Å². The van der Waals surface area contributed by atoms with Crippen LogP contribution in [0.25, 0.3) is 0 Å². The minimum atomic E-state index is -2.77. The SMILES string of the molecule is CC(C)(C)[Si](C)(C)OCC1OC(OC2C(O)C(NC(=O)OCc3ccccc3)CC(NC(=O)OCc3ccccc3)C2OC2OC3COC(c4ccccc4)OC3C(O)C2NC(=O)OCc2ccccc2)C(O)C1OC1OC(CNC(=O)OCc2ccccc2)C(O)C(O)C1NC(=O)OCc1ccccc1.